The summed E-state index contributed by atoms with van der Waals surface area (Å²) in [4.78, 5) is 0. The van der Waals surface area contributed by atoms with Crippen molar-refractivity contribution < 1.29 is 4.42 Å². The molecule has 0 atom stereocenters. The highest BCUT2D eigenvalue weighted by Gasteiger charge is 2.35. The summed E-state index contributed by atoms with van der Waals surface area (Å²) in [5.74, 6) is 0. The zero-order valence-corrected chi connectivity index (χ0v) is 19.6. The third kappa shape index (κ3) is 2.57. The highest BCUT2D eigenvalue weighted by Crippen LogP contribution is 2.49. The van der Waals surface area contributed by atoms with Crippen molar-refractivity contribution in [2.75, 3.05) is 5.32 Å². The summed E-state index contributed by atoms with van der Waals surface area (Å²) in [5, 5.41) is 8.49. The van der Waals surface area contributed by atoms with E-state index in [0.717, 1.165) is 33.5 Å². The van der Waals surface area contributed by atoms with Gasteiger partial charge in [-0.3, -0.25) is 0 Å². The molecular weight excluding hydrogens is 414 g/mol. The first-order valence-corrected chi connectivity index (χ1v) is 11.9. The highest BCUT2D eigenvalue weighted by atomic mass is 16.3. The minimum absolute atomic E-state index is 0.0228. The molecule has 2 heteroatoms. The summed E-state index contributed by atoms with van der Waals surface area (Å²) < 4.78 is 6.52. The number of rotatable bonds is 2. The van der Waals surface area contributed by atoms with Crippen LogP contribution >= 0.6 is 0 Å². The van der Waals surface area contributed by atoms with Crippen molar-refractivity contribution in [1.82, 2.24) is 0 Å². The normalized spacial score (nSPS) is 14.0. The van der Waals surface area contributed by atoms with Crippen LogP contribution < -0.4 is 5.32 Å². The molecule has 1 heterocycles. The Morgan fingerprint density at radius 1 is 0.676 bits per heavy atom. The van der Waals surface area contributed by atoms with E-state index in [0.29, 0.717) is 0 Å². The standard InChI is InChI=1S/C32H25NO/c1-19-17-20-9-4-5-10-22(20)29-25-12-8-14-28(31(25)34-30(19)29)33-21-15-16-24-23-11-6-7-13-26(23)32(2,3)27(24)18-21/h4-18,33H,1-3H3. The molecule has 34 heavy (non-hydrogen) atoms. The summed E-state index contributed by atoms with van der Waals surface area (Å²) in [6.07, 6.45) is 0. The Bertz CT molecular complexity index is 1770. The third-order valence-corrected chi connectivity index (χ3v) is 7.54. The van der Waals surface area contributed by atoms with E-state index in [9.17, 15) is 0 Å². The number of para-hydroxylation sites is 1. The summed E-state index contributed by atoms with van der Waals surface area (Å²) in [6, 6.07) is 32.6. The van der Waals surface area contributed by atoms with Gasteiger partial charge in [0, 0.05) is 21.9 Å². The number of nitrogens with one attached hydrogen (secondary N) is 1. The molecule has 0 saturated heterocycles. The molecule has 0 unspecified atom stereocenters. The van der Waals surface area contributed by atoms with Crippen molar-refractivity contribution in [3.8, 4) is 11.1 Å². The molecule has 1 aliphatic rings. The molecule has 5 aromatic carbocycles. The third-order valence-electron chi connectivity index (χ3n) is 7.54. The lowest BCUT2D eigenvalue weighted by Crippen LogP contribution is -2.15. The predicted octanol–water partition coefficient (Wildman–Crippen LogP) is 9.10. The van der Waals surface area contributed by atoms with Gasteiger partial charge in [-0.25, -0.2) is 0 Å². The Hall–Kier alpha value is -4.04. The van der Waals surface area contributed by atoms with Crippen LogP contribution in [0.1, 0.15) is 30.5 Å². The van der Waals surface area contributed by atoms with Crippen LogP contribution in [0.25, 0.3) is 43.8 Å². The van der Waals surface area contributed by atoms with Crippen molar-refractivity contribution in [1.29, 1.82) is 0 Å². The van der Waals surface area contributed by atoms with Crippen LogP contribution in [0.5, 0.6) is 0 Å². The van der Waals surface area contributed by atoms with Crippen LogP contribution in [0.4, 0.5) is 11.4 Å². The van der Waals surface area contributed by atoms with Gasteiger partial charge in [0.2, 0.25) is 0 Å². The average molecular weight is 440 g/mol. The minimum atomic E-state index is -0.0228. The Morgan fingerprint density at radius 3 is 2.35 bits per heavy atom. The largest absolute Gasteiger partial charge is 0.454 e. The Kier molecular flexibility index (Phi) is 3.85. The molecule has 164 valence electrons. The smallest absolute Gasteiger partial charge is 0.158 e. The Morgan fingerprint density at radius 2 is 1.44 bits per heavy atom. The van der Waals surface area contributed by atoms with Crippen molar-refractivity contribution in [2.24, 2.45) is 0 Å². The first kappa shape index (κ1) is 19.4. The average Bonchev–Trinajstić information content (AvgIpc) is 3.35. The molecule has 6 aromatic rings. The second-order valence-electron chi connectivity index (χ2n) is 9.96. The van der Waals surface area contributed by atoms with Crippen LogP contribution in [-0.4, -0.2) is 0 Å². The van der Waals surface area contributed by atoms with E-state index in [-0.39, 0.29) is 5.41 Å². The number of benzene rings is 5. The van der Waals surface area contributed by atoms with E-state index in [2.05, 4.69) is 117 Å². The molecule has 0 bridgehead atoms. The fraction of sp³-hybridized carbons (Fsp3) is 0.125. The van der Waals surface area contributed by atoms with Gasteiger partial charge < -0.3 is 9.73 Å². The maximum Gasteiger partial charge on any atom is 0.158 e. The zero-order chi connectivity index (χ0) is 23.0. The van der Waals surface area contributed by atoms with Gasteiger partial charge in [0.25, 0.3) is 0 Å². The van der Waals surface area contributed by atoms with Crippen LogP contribution in [0.15, 0.2) is 95.4 Å². The van der Waals surface area contributed by atoms with Gasteiger partial charge in [0.15, 0.2) is 5.58 Å². The summed E-state index contributed by atoms with van der Waals surface area (Å²) >= 11 is 0. The Labute approximate surface area is 198 Å². The van der Waals surface area contributed by atoms with E-state index in [1.165, 1.54) is 38.4 Å². The monoisotopic (exact) mass is 439 g/mol. The molecule has 0 amide bonds. The van der Waals surface area contributed by atoms with Crippen molar-refractivity contribution >= 4 is 44.1 Å². The fourth-order valence-electron chi connectivity index (χ4n) is 5.85. The second-order valence-corrected chi connectivity index (χ2v) is 9.96. The number of fused-ring (bicyclic) bond motifs is 8. The molecule has 0 saturated carbocycles. The lowest BCUT2D eigenvalue weighted by atomic mass is 9.82. The molecule has 0 radical (unpaired) electrons. The Balaban J connectivity index is 1.39. The zero-order valence-electron chi connectivity index (χ0n) is 19.6. The van der Waals surface area contributed by atoms with Crippen molar-refractivity contribution in [2.45, 2.75) is 26.2 Å². The predicted molar refractivity (Wildman–Crippen MR) is 143 cm³/mol. The molecule has 1 aliphatic carbocycles. The van der Waals surface area contributed by atoms with Gasteiger partial charge in [0.1, 0.15) is 5.58 Å². The van der Waals surface area contributed by atoms with Crippen LogP contribution in [0.2, 0.25) is 0 Å². The van der Waals surface area contributed by atoms with Crippen LogP contribution in [-0.2, 0) is 5.41 Å². The fourth-order valence-corrected chi connectivity index (χ4v) is 5.85. The van der Waals surface area contributed by atoms with E-state index >= 15 is 0 Å². The minimum Gasteiger partial charge on any atom is -0.454 e. The molecular formula is C32H25NO. The van der Waals surface area contributed by atoms with Gasteiger partial charge in [-0.05, 0) is 69.8 Å². The van der Waals surface area contributed by atoms with E-state index in [1.807, 2.05) is 0 Å². The van der Waals surface area contributed by atoms with Gasteiger partial charge in [-0.1, -0.05) is 80.6 Å². The van der Waals surface area contributed by atoms with Crippen molar-refractivity contribution in [3.05, 3.63) is 108 Å². The maximum atomic E-state index is 6.52. The number of aryl methyl sites for hydroxylation is 1. The molecule has 7 rings (SSSR count). The topological polar surface area (TPSA) is 25.2 Å². The van der Waals surface area contributed by atoms with Gasteiger partial charge in [-0.15, -0.1) is 0 Å². The van der Waals surface area contributed by atoms with E-state index < -0.39 is 0 Å². The molecule has 2 nitrogen and oxygen atoms in total. The molecule has 0 fully saturated rings. The number of hydrogen-bond donors (Lipinski definition) is 1. The second kappa shape index (κ2) is 6.74. The van der Waals surface area contributed by atoms with Gasteiger partial charge in [-0.2, -0.15) is 0 Å². The lowest BCUT2D eigenvalue weighted by molar-refractivity contribution is 0.660. The molecule has 0 aliphatic heterocycles. The highest BCUT2D eigenvalue weighted by molar-refractivity contribution is 6.21. The first-order chi connectivity index (χ1) is 16.5. The molecule has 1 aromatic heterocycles. The molecule has 1 N–H and O–H groups in total. The van der Waals surface area contributed by atoms with E-state index in [1.54, 1.807) is 0 Å². The number of hydrogen-bond acceptors (Lipinski definition) is 2. The quantitative estimate of drug-likeness (QED) is 0.291. The lowest BCUT2D eigenvalue weighted by Gasteiger charge is -2.22. The maximum absolute atomic E-state index is 6.52. The van der Waals surface area contributed by atoms with Crippen molar-refractivity contribution in [3.63, 3.8) is 0 Å². The first-order valence-electron chi connectivity index (χ1n) is 11.9. The van der Waals surface area contributed by atoms with E-state index in [4.69, 9.17) is 4.42 Å². The summed E-state index contributed by atoms with van der Waals surface area (Å²) in [7, 11) is 0. The van der Waals surface area contributed by atoms with Crippen LogP contribution in [0.3, 0.4) is 0 Å². The van der Waals surface area contributed by atoms with Crippen LogP contribution in [0, 0.1) is 6.92 Å². The van der Waals surface area contributed by atoms with Gasteiger partial charge in [0.05, 0.1) is 5.69 Å². The summed E-state index contributed by atoms with van der Waals surface area (Å²) in [5.41, 5.74) is 10.5. The number of furan rings is 1. The summed E-state index contributed by atoms with van der Waals surface area (Å²) in [6.45, 7) is 6.76. The number of anilines is 2. The molecule has 0 spiro atoms. The van der Waals surface area contributed by atoms with Gasteiger partial charge >= 0.3 is 0 Å². The SMILES string of the molecule is Cc1cc2ccccc2c2c1oc1c(Nc3ccc4c(c3)C(C)(C)c3ccccc3-4)cccc12.